The second kappa shape index (κ2) is 5.59. The van der Waals surface area contributed by atoms with Crippen molar-refractivity contribution in [2.75, 3.05) is 25.1 Å². The van der Waals surface area contributed by atoms with E-state index >= 15 is 0 Å². The van der Waals surface area contributed by atoms with Crippen LogP contribution < -0.4 is 11.1 Å². The number of aliphatic hydroxyl groups excluding tert-OH is 2. The molecule has 0 aliphatic heterocycles. The number of aliphatic hydroxyl groups is 2. The molecule has 5 N–H and O–H groups in total. The minimum atomic E-state index is -0.342. The summed E-state index contributed by atoms with van der Waals surface area (Å²) in [6, 6.07) is 7.15. The molecule has 1 unspecified atom stereocenters. The monoisotopic (exact) mass is 196 g/mol. The Balaban J connectivity index is 2.68. The number of nitrogens with two attached hydrogens (primary N) is 1. The maximum Gasteiger partial charge on any atom is 0.0624 e. The zero-order valence-corrected chi connectivity index (χ0v) is 7.98. The van der Waals surface area contributed by atoms with Crippen LogP contribution in [0.25, 0.3) is 0 Å². The Morgan fingerprint density at radius 1 is 1.36 bits per heavy atom. The molecule has 1 aromatic carbocycles. The van der Waals surface area contributed by atoms with Gasteiger partial charge in [0.1, 0.15) is 0 Å². The third-order valence-corrected chi connectivity index (χ3v) is 1.95. The van der Waals surface area contributed by atoms with Gasteiger partial charge in [0.15, 0.2) is 0 Å². The van der Waals surface area contributed by atoms with E-state index in [9.17, 15) is 0 Å². The molecule has 0 aromatic heterocycles. The zero-order chi connectivity index (χ0) is 10.4. The molecule has 0 aliphatic carbocycles. The van der Waals surface area contributed by atoms with Crippen molar-refractivity contribution >= 4 is 5.69 Å². The lowest BCUT2D eigenvalue weighted by Gasteiger charge is -2.11. The lowest BCUT2D eigenvalue weighted by molar-refractivity contribution is 0.268. The highest BCUT2D eigenvalue weighted by atomic mass is 16.3. The average molecular weight is 196 g/mol. The predicted molar refractivity (Wildman–Crippen MR) is 56.0 cm³/mol. The first-order chi connectivity index (χ1) is 6.77. The Morgan fingerprint density at radius 2 is 2.14 bits per heavy atom. The van der Waals surface area contributed by atoms with Crippen LogP contribution in [0.1, 0.15) is 11.6 Å². The molecule has 1 atom stereocenters. The Hall–Kier alpha value is -1.10. The van der Waals surface area contributed by atoms with Crippen LogP contribution in [0.5, 0.6) is 0 Å². The first-order valence-corrected chi connectivity index (χ1v) is 4.59. The highest BCUT2D eigenvalue weighted by Gasteiger charge is 2.03. The Labute approximate surface area is 83.4 Å². The molecule has 0 fully saturated rings. The smallest absolute Gasteiger partial charge is 0.0624 e. The van der Waals surface area contributed by atoms with Gasteiger partial charge >= 0.3 is 0 Å². The van der Waals surface area contributed by atoms with Crippen molar-refractivity contribution in [1.82, 2.24) is 0 Å². The van der Waals surface area contributed by atoms with Gasteiger partial charge in [-0.25, -0.2) is 0 Å². The molecule has 0 radical (unpaired) electrons. The Morgan fingerprint density at radius 3 is 2.79 bits per heavy atom. The van der Waals surface area contributed by atoms with Gasteiger partial charge in [0.25, 0.3) is 0 Å². The average Bonchev–Trinajstić information content (AvgIpc) is 2.25. The first-order valence-electron chi connectivity index (χ1n) is 4.59. The fourth-order valence-corrected chi connectivity index (χ4v) is 1.18. The van der Waals surface area contributed by atoms with Crippen LogP contribution >= 0.6 is 0 Å². The van der Waals surface area contributed by atoms with E-state index in [0.29, 0.717) is 6.54 Å². The normalized spacial score (nSPS) is 12.5. The van der Waals surface area contributed by atoms with E-state index in [2.05, 4.69) is 5.32 Å². The molecule has 0 saturated carbocycles. The molecular formula is C10H16N2O2. The van der Waals surface area contributed by atoms with Crippen LogP contribution in [0.3, 0.4) is 0 Å². The summed E-state index contributed by atoms with van der Waals surface area (Å²) in [5.74, 6) is 0. The predicted octanol–water partition coefficient (Wildman–Crippen LogP) is 0.0829. The molecule has 0 spiro atoms. The summed E-state index contributed by atoms with van der Waals surface area (Å²) in [4.78, 5) is 0. The van der Waals surface area contributed by atoms with Gasteiger partial charge in [0.05, 0.1) is 19.3 Å². The van der Waals surface area contributed by atoms with Gasteiger partial charge in [-0.15, -0.1) is 0 Å². The van der Waals surface area contributed by atoms with E-state index in [-0.39, 0.29) is 19.3 Å². The van der Waals surface area contributed by atoms with E-state index < -0.39 is 0 Å². The molecule has 1 rings (SSSR count). The van der Waals surface area contributed by atoms with Gasteiger partial charge in [0.2, 0.25) is 0 Å². The molecule has 0 saturated heterocycles. The molecule has 0 heterocycles. The van der Waals surface area contributed by atoms with E-state index in [1.54, 1.807) is 0 Å². The molecule has 0 bridgehead atoms. The van der Waals surface area contributed by atoms with Crippen molar-refractivity contribution in [3.05, 3.63) is 29.8 Å². The van der Waals surface area contributed by atoms with Gasteiger partial charge in [-0.1, -0.05) is 12.1 Å². The minimum absolute atomic E-state index is 0.0660. The lowest BCUT2D eigenvalue weighted by Crippen LogP contribution is -2.14. The van der Waals surface area contributed by atoms with Crippen LogP contribution in [0, 0.1) is 0 Å². The quantitative estimate of drug-likeness (QED) is 0.538. The fourth-order valence-electron chi connectivity index (χ4n) is 1.18. The zero-order valence-electron chi connectivity index (χ0n) is 7.98. The molecule has 4 heteroatoms. The summed E-state index contributed by atoms with van der Waals surface area (Å²) >= 11 is 0. The Bertz CT molecular complexity index is 279. The Kier molecular flexibility index (Phi) is 4.39. The molecule has 0 amide bonds. The van der Waals surface area contributed by atoms with Crippen molar-refractivity contribution in [3.8, 4) is 0 Å². The number of nitrogens with one attached hydrogen (secondary N) is 1. The van der Waals surface area contributed by atoms with E-state index in [0.717, 1.165) is 11.3 Å². The maximum atomic E-state index is 8.87. The van der Waals surface area contributed by atoms with Crippen molar-refractivity contribution in [1.29, 1.82) is 0 Å². The summed E-state index contributed by atoms with van der Waals surface area (Å²) in [7, 11) is 0. The van der Waals surface area contributed by atoms with Gasteiger partial charge < -0.3 is 21.3 Å². The number of anilines is 1. The number of hydrogen-bond acceptors (Lipinski definition) is 4. The van der Waals surface area contributed by atoms with Crippen molar-refractivity contribution in [2.45, 2.75) is 6.04 Å². The highest BCUT2D eigenvalue weighted by molar-refractivity contribution is 5.46. The second-order valence-corrected chi connectivity index (χ2v) is 3.06. The first kappa shape index (κ1) is 11.0. The van der Waals surface area contributed by atoms with Gasteiger partial charge in [0, 0.05) is 12.2 Å². The van der Waals surface area contributed by atoms with E-state index in [4.69, 9.17) is 15.9 Å². The van der Waals surface area contributed by atoms with Crippen LogP contribution in [0.2, 0.25) is 0 Å². The standard InChI is InChI=1S/C10H16N2O2/c11-10(7-14)8-2-1-3-9(6-8)12-4-5-13/h1-3,6,10,12-14H,4-5,7,11H2. The SMILES string of the molecule is NC(CO)c1cccc(NCCO)c1. The number of hydrogen-bond donors (Lipinski definition) is 4. The summed E-state index contributed by atoms with van der Waals surface area (Å²) < 4.78 is 0. The van der Waals surface area contributed by atoms with Crippen LogP contribution in [-0.2, 0) is 0 Å². The molecular weight excluding hydrogens is 180 g/mol. The largest absolute Gasteiger partial charge is 0.395 e. The number of rotatable bonds is 5. The van der Waals surface area contributed by atoms with Gasteiger partial charge in [-0.3, -0.25) is 0 Å². The van der Waals surface area contributed by atoms with E-state index in [1.165, 1.54) is 0 Å². The van der Waals surface area contributed by atoms with Crippen LogP contribution in [-0.4, -0.2) is 30.0 Å². The highest BCUT2D eigenvalue weighted by Crippen LogP contribution is 2.15. The minimum Gasteiger partial charge on any atom is -0.395 e. The third-order valence-electron chi connectivity index (χ3n) is 1.95. The van der Waals surface area contributed by atoms with Crippen LogP contribution in [0.15, 0.2) is 24.3 Å². The molecule has 4 nitrogen and oxygen atoms in total. The lowest BCUT2D eigenvalue weighted by atomic mass is 10.1. The summed E-state index contributed by atoms with van der Waals surface area (Å²) in [5.41, 5.74) is 7.45. The van der Waals surface area contributed by atoms with Gasteiger partial charge in [-0.2, -0.15) is 0 Å². The molecule has 1 aromatic rings. The molecule has 0 aliphatic rings. The maximum absolute atomic E-state index is 8.87. The number of benzene rings is 1. The second-order valence-electron chi connectivity index (χ2n) is 3.06. The van der Waals surface area contributed by atoms with Gasteiger partial charge in [-0.05, 0) is 17.7 Å². The van der Waals surface area contributed by atoms with E-state index in [1.807, 2.05) is 24.3 Å². The fraction of sp³-hybridized carbons (Fsp3) is 0.400. The topological polar surface area (TPSA) is 78.5 Å². The van der Waals surface area contributed by atoms with Crippen molar-refractivity contribution in [2.24, 2.45) is 5.73 Å². The summed E-state index contributed by atoms with van der Waals surface area (Å²) in [5, 5.41) is 20.5. The van der Waals surface area contributed by atoms with Crippen LogP contribution in [0.4, 0.5) is 5.69 Å². The van der Waals surface area contributed by atoms with Crippen molar-refractivity contribution in [3.63, 3.8) is 0 Å². The summed E-state index contributed by atoms with van der Waals surface area (Å²) in [6.45, 7) is 0.539. The van der Waals surface area contributed by atoms with Crippen molar-refractivity contribution < 1.29 is 10.2 Å². The summed E-state index contributed by atoms with van der Waals surface area (Å²) in [6.07, 6.45) is 0. The molecule has 14 heavy (non-hydrogen) atoms. The molecule has 78 valence electrons. The third kappa shape index (κ3) is 2.99.